The van der Waals surface area contributed by atoms with Gasteiger partial charge in [-0.05, 0) is 37.1 Å². The van der Waals surface area contributed by atoms with Crippen LogP contribution in [-0.2, 0) is 9.59 Å². The summed E-state index contributed by atoms with van der Waals surface area (Å²) in [6.07, 6.45) is 0.0224. The fraction of sp³-hybridized carbons (Fsp3) is 0.429. The van der Waals surface area contributed by atoms with Gasteiger partial charge in [-0.3, -0.25) is 9.59 Å². The van der Waals surface area contributed by atoms with Crippen molar-refractivity contribution in [1.29, 1.82) is 0 Å². The number of carbonyl (C=O) groups is 2. The van der Waals surface area contributed by atoms with Gasteiger partial charge in [0.1, 0.15) is 0 Å². The number of amides is 1. The number of rotatable bonds is 3. The Labute approximate surface area is 112 Å². The topological polar surface area (TPSA) is 69.6 Å². The van der Waals surface area contributed by atoms with E-state index in [4.69, 9.17) is 5.11 Å². The van der Waals surface area contributed by atoms with Crippen molar-refractivity contribution in [3.8, 4) is 0 Å². The van der Waals surface area contributed by atoms with E-state index in [1.165, 1.54) is 0 Å². The van der Waals surface area contributed by atoms with Crippen LogP contribution in [0.3, 0.4) is 0 Å². The normalized spacial score (nSPS) is 19.6. The highest BCUT2D eigenvalue weighted by atomic mass is 16.4. The molecule has 1 atom stereocenters. The number of nitrogens with one attached hydrogen (secondary N) is 1. The van der Waals surface area contributed by atoms with Gasteiger partial charge in [-0.2, -0.15) is 0 Å². The highest BCUT2D eigenvalue weighted by Gasteiger charge is 2.27. The van der Waals surface area contributed by atoms with Crippen molar-refractivity contribution in [3.05, 3.63) is 29.3 Å². The van der Waals surface area contributed by atoms with Gasteiger partial charge < -0.3 is 15.3 Å². The maximum absolute atomic E-state index is 12.0. The highest BCUT2D eigenvalue weighted by Crippen LogP contribution is 2.21. The van der Waals surface area contributed by atoms with Gasteiger partial charge in [0.15, 0.2) is 0 Å². The summed E-state index contributed by atoms with van der Waals surface area (Å²) >= 11 is 0. The van der Waals surface area contributed by atoms with Crippen LogP contribution < -0.4 is 10.2 Å². The first-order chi connectivity index (χ1) is 8.95. The molecule has 0 aliphatic carbocycles. The molecule has 2 N–H and O–H groups in total. The molecule has 1 saturated heterocycles. The summed E-state index contributed by atoms with van der Waals surface area (Å²) in [7, 11) is 0. The van der Waals surface area contributed by atoms with Crippen molar-refractivity contribution >= 4 is 17.6 Å². The lowest BCUT2D eigenvalue weighted by atomic mass is 10.1. The molecule has 2 rings (SSSR count). The van der Waals surface area contributed by atoms with Crippen LogP contribution in [0.25, 0.3) is 0 Å². The molecule has 19 heavy (non-hydrogen) atoms. The number of hydrogen-bond acceptors (Lipinski definition) is 3. The van der Waals surface area contributed by atoms with E-state index >= 15 is 0 Å². The molecule has 0 spiro atoms. The van der Waals surface area contributed by atoms with Crippen LogP contribution in [0.4, 0.5) is 5.69 Å². The molecule has 5 nitrogen and oxygen atoms in total. The third-order valence-electron chi connectivity index (χ3n) is 3.19. The standard InChI is InChI=1S/C14H18N2O3/c1-9-3-10(2)5-12(4-9)16-8-11(6-14(18)19)15-7-13(16)17/h3-5,11,15H,6-8H2,1-2H3,(H,18,19). The number of carboxylic acids is 1. The summed E-state index contributed by atoms with van der Waals surface area (Å²) in [5.41, 5.74) is 3.03. The lowest BCUT2D eigenvalue weighted by molar-refractivity contribution is -0.138. The lowest BCUT2D eigenvalue weighted by Gasteiger charge is -2.33. The second-order valence-electron chi connectivity index (χ2n) is 5.03. The molecule has 0 bridgehead atoms. The third-order valence-corrected chi connectivity index (χ3v) is 3.19. The number of hydrogen-bond donors (Lipinski definition) is 2. The quantitative estimate of drug-likeness (QED) is 0.855. The largest absolute Gasteiger partial charge is 0.481 e. The maximum Gasteiger partial charge on any atom is 0.304 e. The van der Waals surface area contributed by atoms with Crippen LogP contribution in [0.15, 0.2) is 18.2 Å². The molecule has 102 valence electrons. The summed E-state index contributed by atoms with van der Waals surface area (Å²) in [6, 6.07) is 5.75. The zero-order valence-electron chi connectivity index (χ0n) is 11.1. The Morgan fingerprint density at radius 3 is 2.58 bits per heavy atom. The Hall–Kier alpha value is -1.88. The van der Waals surface area contributed by atoms with Crippen LogP contribution in [0.1, 0.15) is 17.5 Å². The zero-order chi connectivity index (χ0) is 14.0. The Morgan fingerprint density at radius 1 is 1.37 bits per heavy atom. The smallest absolute Gasteiger partial charge is 0.304 e. The highest BCUT2D eigenvalue weighted by molar-refractivity contribution is 5.96. The summed E-state index contributed by atoms with van der Waals surface area (Å²) < 4.78 is 0. The van der Waals surface area contributed by atoms with E-state index in [1.807, 2.05) is 32.0 Å². The fourth-order valence-electron chi connectivity index (χ4n) is 2.42. The van der Waals surface area contributed by atoms with E-state index in [-0.39, 0.29) is 24.9 Å². The first-order valence-electron chi connectivity index (χ1n) is 6.29. The Morgan fingerprint density at radius 2 is 2.00 bits per heavy atom. The number of carboxylic acid groups (broad SMARTS) is 1. The van der Waals surface area contributed by atoms with E-state index in [1.54, 1.807) is 4.90 Å². The summed E-state index contributed by atoms with van der Waals surface area (Å²) in [6.45, 7) is 4.55. The van der Waals surface area contributed by atoms with E-state index in [0.717, 1.165) is 16.8 Å². The Kier molecular flexibility index (Phi) is 3.85. The van der Waals surface area contributed by atoms with Crippen molar-refractivity contribution in [3.63, 3.8) is 0 Å². The summed E-state index contributed by atoms with van der Waals surface area (Å²) in [5, 5.41) is 11.8. The Bertz CT molecular complexity index is 493. The molecule has 5 heteroatoms. The monoisotopic (exact) mass is 262 g/mol. The molecule has 1 amide bonds. The Balaban J connectivity index is 2.20. The number of benzene rings is 1. The van der Waals surface area contributed by atoms with Crippen molar-refractivity contribution in [1.82, 2.24) is 5.32 Å². The van der Waals surface area contributed by atoms with Crippen LogP contribution in [0, 0.1) is 13.8 Å². The molecular weight excluding hydrogens is 244 g/mol. The molecule has 1 aliphatic heterocycles. The summed E-state index contributed by atoms with van der Waals surface area (Å²) in [4.78, 5) is 24.4. The van der Waals surface area contributed by atoms with Crippen LogP contribution in [0.5, 0.6) is 0 Å². The number of piperazine rings is 1. The van der Waals surface area contributed by atoms with Gasteiger partial charge in [0.05, 0.1) is 13.0 Å². The van der Waals surface area contributed by atoms with Crippen molar-refractivity contribution in [2.75, 3.05) is 18.0 Å². The van der Waals surface area contributed by atoms with Gasteiger partial charge in [0, 0.05) is 18.3 Å². The molecule has 1 aromatic rings. The van der Waals surface area contributed by atoms with Gasteiger partial charge in [-0.15, -0.1) is 0 Å². The van der Waals surface area contributed by atoms with Crippen LogP contribution in [0.2, 0.25) is 0 Å². The predicted octanol–water partition coefficient (Wildman–Crippen LogP) is 1.08. The predicted molar refractivity (Wildman–Crippen MR) is 72.3 cm³/mol. The lowest BCUT2D eigenvalue weighted by Crippen LogP contribution is -2.54. The molecule has 1 heterocycles. The first kappa shape index (κ1) is 13.5. The molecule has 1 fully saturated rings. The number of anilines is 1. The average Bonchev–Trinajstić information content (AvgIpc) is 2.29. The van der Waals surface area contributed by atoms with E-state index in [9.17, 15) is 9.59 Å². The first-order valence-corrected chi connectivity index (χ1v) is 6.29. The second kappa shape index (κ2) is 5.40. The van der Waals surface area contributed by atoms with Crippen LogP contribution in [-0.4, -0.2) is 36.1 Å². The molecule has 1 unspecified atom stereocenters. The van der Waals surface area contributed by atoms with E-state index < -0.39 is 5.97 Å². The SMILES string of the molecule is Cc1cc(C)cc(N2CC(CC(=O)O)NCC2=O)c1. The average molecular weight is 262 g/mol. The minimum Gasteiger partial charge on any atom is -0.481 e. The third kappa shape index (κ3) is 3.32. The zero-order valence-corrected chi connectivity index (χ0v) is 11.1. The molecule has 0 saturated carbocycles. The number of nitrogens with zero attached hydrogens (tertiary/aromatic N) is 1. The molecule has 1 aromatic carbocycles. The summed E-state index contributed by atoms with van der Waals surface area (Å²) in [5.74, 6) is -0.876. The van der Waals surface area contributed by atoms with Gasteiger partial charge in [-0.25, -0.2) is 0 Å². The van der Waals surface area contributed by atoms with Crippen molar-refractivity contribution in [2.24, 2.45) is 0 Å². The van der Waals surface area contributed by atoms with Gasteiger partial charge in [0.2, 0.25) is 5.91 Å². The van der Waals surface area contributed by atoms with E-state index in [0.29, 0.717) is 6.54 Å². The minimum atomic E-state index is -0.854. The molecule has 1 aliphatic rings. The minimum absolute atomic E-state index is 0.0216. The van der Waals surface area contributed by atoms with Crippen molar-refractivity contribution < 1.29 is 14.7 Å². The maximum atomic E-state index is 12.0. The molecule has 0 aromatic heterocycles. The molecule has 0 radical (unpaired) electrons. The fourth-order valence-corrected chi connectivity index (χ4v) is 2.42. The number of aryl methyl sites for hydroxylation is 2. The van der Waals surface area contributed by atoms with Crippen molar-refractivity contribution in [2.45, 2.75) is 26.3 Å². The second-order valence-corrected chi connectivity index (χ2v) is 5.03. The van der Waals surface area contributed by atoms with Gasteiger partial charge >= 0.3 is 5.97 Å². The molecular formula is C14H18N2O3. The van der Waals surface area contributed by atoms with Gasteiger partial charge in [-0.1, -0.05) is 6.07 Å². The van der Waals surface area contributed by atoms with E-state index in [2.05, 4.69) is 5.32 Å². The number of aliphatic carboxylic acids is 1. The van der Waals surface area contributed by atoms with Gasteiger partial charge in [0.25, 0.3) is 0 Å². The number of carbonyl (C=O) groups excluding carboxylic acids is 1. The van der Waals surface area contributed by atoms with Crippen LogP contribution >= 0.6 is 0 Å².